The molecule has 1 aliphatic rings. The van der Waals surface area contributed by atoms with E-state index < -0.39 is 11.3 Å². The molecule has 0 aromatic carbocycles. The van der Waals surface area contributed by atoms with Gasteiger partial charge in [-0.25, -0.2) is 13.8 Å². The summed E-state index contributed by atoms with van der Waals surface area (Å²) in [5.74, 6) is -2.79. The van der Waals surface area contributed by atoms with Crippen molar-refractivity contribution >= 4 is 23.2 Å². The van der Waals surface area contributed by atoms with Gasteiger partial charge in [-0.1, -0.05) is 29.3 Å². The summed E-state index contributed by atoms with van der Waals surface area (Å²) in [6, 6.07) is 2.90. The summed E-state index contributed by atoms with van der Waals surface area (Å²) < 4.78 is 26.4. The molecule has 1 unspecified atom stereocenters. The maximum absolute atomic E-state index is 13.2. The largest absolute Gasteiger partial charge is 0.329 e. The zero-order chi connectivity index (χ0) is 11.3. The Morgan fingerprint density at radius 3 is 2.40 bits per heavy atom. The second kappa shape index (κ2) is 3.27. The number of nitrogens with zero attached hydrogens (tertiary/aromatic N) is 1. The first-order valence-electron chi connectivity index (χ1n) is 4.33. The molecular weight excluding hydrogens is 245 g/mol. The van der Waals surface area contributed by atoms with E-state index in [-0.39, 0.29) is 28.8 Å². The Labute approximate surface area is 95.4 Å². The van der Waals surface area contributed by atoms with Gasteiger partial charge in [-0.15, -0.1) is 0 Å². The average Bonchev–Trinajstić information content (AvgIpc) is 2.69. The lowest BCUT2D eigenvalue weighted by atomic mass is 9.97. The molecule has 0 bridgehead atoms. The van der Waals surface area contributed by atoms with Crippen LogP contribution in [0, 0.1) is 0 Å². The van der Waals surface area contributed by atoms with Crippen LogP contribution in [0.1, 0.15) is 12.0 Å². The van der Waals surface area contributed by atoms with E-state index in [4.69, 9.17) is 28.9 Å². The van der Waals surface area contributed by atoms with Crippen molar-refractivity contribution in [2.24, 2.45) is 5.73 Å². The number of pyridine rings is 1. The molecule has 1 heterocycles. The molecule has 2 nitrogen and oxygen atoms in total. The number of nitrogens with two attached hydrogens (primary N) is 1. The number of halogens is 4. The Balaban J connectivity index is 2.46. The highest BCUT2D eigenvalue weighted by molar-refractivity contribution is 6.33. The third-order valence-electron chi connectivity index (χ3n) is 2.78. The van der Waals surface area contributed by atoms with E-state index in [1.54, 1.807) is 0 Å². The Bertz CT molecular complexity index is 411. The second-order valence-electron chi connectivity index (χ2n) is 3.64. The van der Waals surface area contributed by atoms with Crippen LogP contribution in [-0.2, 0) is 5.41 Å². The molecule has 6 heteroatoms. The number of hydrogen-bond acceptors (Lipinski definition) is 2. The predicted octanol–water partition coefficient (Wildman–Crippen LogP) is 2.62. The van der Waals surface area contributed by atoms with Crippen molar-refractivity contribution in [1.82, 2.24) is 4.98 Å². The average molecular weight is 253 g/mol. The number of hydrogen-bond donors (Lipinski definition) is 1. The Morgan fingerprint density at radius 2 is 2.00 bits per heavy atom. The maximum atomic E-state index is 13.2. The molecule has 1 saturated carbocycles. The molecule has 82 valence electrons. The third kappa shape index (κ3) is 1.51. The fraction of sp³-hybridized carbons (Fsp3) is 0.444. The van der Waals surface area contributed by atoms with Gasteiger partial charge in [-0.3, -0.25) is 0 Å². The quantitative estimate of drug-likeness (QED) is 0.823. The van der Waals surface area contributed by atoms with Gasteiger partial charge in [0.25, 0.3) is 5.92 Å². The summed E-state index contributed by atoms with van der Waals surface area (Å²) in [6.07, 6.45) is -0.278. The molecule has 0 amide bonds. The smallest absolute Gasteiger partial charge is 0.260 e. The molecule has 0 radical (unpaired) electrons. The summed E-state index contributed by atoms with van der Waals surface area (Å²) in [5, 5.41) is 0.185. The highest BCUT2D eigenvalue weighted by Crippen LogP contribution is 2.61. The van der Waals surface area contributed by atoms with Gasteiger partial charge in [0.15, 0.2) is 0 Å². The van der Waals surface area contributed by atoms with Gasteiger partial charge in [-0.2, -0.15) is 0 Å². The highest BCUT2D eigenvalue weighted by atomic mass is 35.5. The standard InChI is InChI=1S/C9H8Cl2F2N2/c10-6-2-1-5(7(11)15-6)8(4-14)3-9(8,12)13/h1-2H,3-4,14H2. The summed E-state index contributed by atoms with van der Waals surface area (Å²) in [5.41, 5.74) is 4.32. The van der Waals surface area contributed by atoms with E-state index in [1.807, 2.05) is 0 Å². The first-order chi connectivity index (χ1) is 6.93. The molecule has 1 atom stereocenters. The zero-order valence-corrected chi connectivity index (χ0v) is 9.12. The Kier molecular flexibility index (Phi) is 2.41. The lowest BCUT2D eigenvalue weighted by molar-refractivity contribution is 0.0895. The normalized spacial score (nSPS) is 27.8. The van der Waals surface area contributed by atoms with Crippen LogP contribution in [0.15, 0.2) is 12.1 Å². The molecule has 1 aliphatic carbocycles. The van der Waals surface area contributed by atoms with Gasteiger partial charge in [0.1, 0.15) is 10.3 Å². The molecule has 15 heavy (non-hydrogen) atoms. The fourth-order valence-electron chi connectivity index (χ4n) is 1.73. The van der Waals surface area contributed by atoms with Crippen molar-refractivity contribution in [3.05, 3.63) is 28.0 Å². The van der Waals surface area contributed by atoms with E-state index in [9.17, 15) is 8.78 Å². The summed E-state index contributed by atoms with van der Waals surface area (Å²) in [6.45, 7) is -0.150. The van der Waals surface area contributed by atoms with Crippen molar-refractivity contribution in [2.45, 2.75) is 17.8 Å². The molecule has 2 N–H and O–H groups in total. The maximum Gasteiger partial charge on any atom is 0.260 e. The highest BCUT2D eigenvalue weighted by Gasteiger charge is 2.71. The topological polar surface area (TPSA) is 38.9 Å². The lowest BCUT2D eigenvalue weighted by Gasteiger charge is -2.15. The van der Waals surface area contributed by atoms with Crippen molar-refractivity contribution in [1.29, 1.82) is 0 Å². The summed E-state index contributed by atoms with van der Waals surface area (Å²) in [7, 11) is 0. The number of alkyl halides is 2. The van der Waals surface area contributed by atoms with Crippen LogP contribution in [0.4, 0.5) is 8.78 Å². The molecule has 1 fully saturated rings. The molecule has 0 saturated heterocycles. The lowest BCUT2D eigenvalue weighted by Crippen LogP contribution is -2.27. The van der Waals surface area contributed by atoms with Gasteiger partial charge in [0.2, 0.25) is 0 Å². The monoisotopic (exact) mass is 252 g/mol. The Hall–Kier alpha value is -0.450. The second-order valence-corrected chi connectivity index (χ2v) is 4.39. The van der Waals surface area contributed by atoms with Crippen LogP contribution in [0.3, 0.4) is 0 Å². The van der Waals surface area contributed by atoms with Crippen LogP contribution < -0.4 is 5.73 Å². The minimum absolute atomic E-state index is 0.00475. The van der Waals surface area contributed by atoms with Crippen molar-refractivity contribution in [3.8, 4) is 0 Å². The van der Waals surface area contributed by atoms with Crippen molar-refractivity contribution in [2.75, 3.05) is 6.54 Å². The molecular formula is C9H8Cl2F2N2. The summed E-state index contributed by atoms with van der Waals surface area (Å²) in [4.78, 5) is 3.74. The van der Waals surface area contributed by atoms with E-state index in [2.05, 4.69) is 4.98 Å². The van der Waals surface area contributed by atoms with Gasteiger partial charge < -0.3 is 5.73 Å². The minimum Gasteiger partial charge on any atom is -0.329 e. The van der Waals surface area contributed by atoms with E-state index in [0.717, 1.165) is 0 Å². The van der Waals surface area contributed by atoms with Crippen LogP contribution >= 0.6 is 23.2 Å². The van der Waals surface area contributed by atoms with Gasteiger partial charge >= 0.3 is 0 Å². The van der Waals surface area contributed by atoms with Crippen LogP contribution in [0.25, 0.3) is 0 Å². The van der Waals surface area contributed by atoms with Gasteiger partial charge in [-0.05, 0) is 6.07 Å². The van der Waals surface area contributed by atoms with Crippen LogP contribution in [0.2, 0.25) is 10.3 Å². The van der Waals surface area contributed by atoms with Gasteiger partial charge in [0, 0.05) is 18.5 Å². The molecule has 1 aromatic heterocycles. The first-order valence-corrected chi connectivity index (χ1v) is 5.09. The first kappa shape index (κ1) is 11.0. The van der Waals surface area contributed by atoms with E-state index in [1.165, 1.54) is 12.1 Å². The van der Waals surface area contributed by atoms with Gasteiger partial charge in [0.05, 0.1) is 5.41 Å². The van der Waals surface area contributed by atoms with Crippen LogP contribution in [-0.4, -0.2) is 17.5 Å². The fourth-order valence-corrected chi connectivity index (χ4v) is 2.25. The molecule has 2 rings (SSSR count). The summed E-state index contributed by atoms with van der Waals surface area (Å²) >= 11 is 11.4. The van der Waals surface area contributed by atoms with E-state index in [0.29, 0.717) is 0 Å². The van der Waals surface area contributed by atoms with Crippen molar-refractivity contribution in [3.63, 3.8) is 0 Å². The molecule has 1 aromatic rings. The van der Waals surface area contributed by atoms with Crippen molar-refractivity contribution < 1.29 is 8.78 Å². The van der Waals surface area contributed by atoms with E-state index >= 15 is 0 Å². The Morgan fingerprint density at radius 1 is 1.40 bits per heavy atom. The number of rotatable bonds is 2. The molecule has 0 spiro atoms. The predicted molar refractivity (Wildman–Crippen MR) is 54.6 cm³/mol. The minimum atomic E-state index is -2.79. The SMILES string of the molecule is NCC1(c2ccc(Cl)nc2Cl)CC1(F)F. The van der Waals surface area contributed by atoms with Crippen LogP contribution in [0.5, 0.6) is 0 Å². The zero-order valence-electron chi connectivity index (χ0n) is 7.61. The number of aromatic nitrogens is 1. The third-order valence-corrected chi connectivity index (χ3v) is 3.28. The molecule has 0 aliphatic heterocycles.